The highest BCUT2D eigenvalue weighted by molar-refractivity contribution is 14.1. The van der Waals surface area contributed by atoms with Gasteiger partial charge in [0.1, 0.15) is 7.85 Å². The van der Waals surface area contributed by atoms with E-state index in [4.69, 9.17) is 7.85 Å². The molecule has 0 heterocycles. The van der Waals surface area contributed by atoms with Crippen molar-refractivity contribution in [1.29, 1.82) is 0 Å². The van der Waals surface area contributed by atoms with Gasteiger partial charge in [0.2, 0.25) is 0 Å². The molecule has 1 unspecified atom stereocenters. The van der Waals surface area contributed by atoms with Gasteiger partial charge in [0.25, 0.3) is 0 Å². The largest absolute Gasteiger partial charge is 0.112 e. The molecule has 20 heavy (non-hydrogen) atoms. The molecule has 0 amide bonds. The van der Waals surface area contributed by atoms with Gasteiger partial charge in [0.15, 0.2) is 0 Å². The number of hydrogen-bond donors (Lipinski definition) is 0. The minimum Gasteiger partial charge on any atom is -0.106 e. The minimum absolute atomic E-state index is 0.506. The van der Waals surface area contributed by atoms with Gasteiger partial charge in [0.05, 0.1) is 0 Å². The molecule has 0 bridgehead atoms. The first-order valence-electron chi connectivity index (χ1n) is 6.63. The Morgan fingerprint density at radius 3 is 1.85 bits per heavy atom. The van der Waals surface area contributed by atoms with Crippen molar-refractivity contribution < 1.29 is 0 Å². The summed E-state index contributed by atoms with van der Waals surface area (Å²) >= 11 is 2.15. The molecule has 0 aliphatic rings. The topological polar surface area (TPSA) is 0 Å². The van der Waals surface area contributed by atoms with Crippen molar-refractivity contribution >= 4 is 30.4 Å². The van der Waals surface area contributed by atoms with Crippen molar-refractivity contribution in [3.8, 4) is 0 Å². The van der Waals surface area contributed by atoms with Crippen LogP contribution in [0.2, 0.25) is 0 Å². The molecule has 108 valence electrons. The Bertz CT molecular complexity index is 400. The van der Waals surface area contributed by atoms with Gasteiger partial charge < -0.3 is 0 Å². The second-order valence-corrected chi connectivity index (χ2v) is 4.56. The van der Waals surface area contributed by atoms with Crippen LogP contribution in [-0.4, -0.2) is 12.8 Å². The molecule has 0 spiro atoms. The van der Waals surface area contributed by atoms with Crippen LogP contribution >= 0.6 is 22.6 Å². The van der Waals surface area contributed by atoms with Gasteiger partial charge in [-0.15, -0.1) is 12.1 Å². The van der Waals surface area contributed by atoms with Gasteiger partial charge in [-0.2, -0.15) is 0 Å². The molecule has 0 aliphatic heterocycles. The Kier molecular flexibility index (Phi) is 14.2. The van der Waals surface area contributed by atoms with Crippen LogP contribution < -0.4 is 0 Å². The van der Waals surface area contributed by atoms with Crippen LogP contribution in [-0.2, 0) is 0 Å². The fraction of sp³-hybridized carbons (Fsp3) is 0.333. The Morgan fingerprint density at radius 1 is 1.00 bits per heavy atom. The van der Waals surface area contributed by atoms with Crippen LogP contribution in [0.4, 0.5) is 0 Å². The molecule has 0 nitrogen and oxygen atoms in total. The molecule has 0 aromatic rings. The summed E-state index contributed by atoms with van der Waals surface area (Å²) in [5.41, 5.74) is 3.32. The van der Waals surface area contributed by atoms with Crippen LogP contribution in [0.15, 0.2) is 72.8 Å². The monoisotopic (exact) mass is 380 g/mol. The van der Waals surface area contributed by atoms with E-state index in [1.165, 1.54) is 6.42 Å². The van der Waals surface area contributed by atoms with Crippen LogP contribution in [0.1, 0.15) is 26.7 Å². The Hall–Kier alpha value is -0.765. The average Bonchev–Trinajstić information content (AvgIpc) is 2.43. The fourth-order valence-corrected chi connectivity index (χ4v) is 1.41. The summed E-state index contributed by atoms with van der Waals surface area (Å²) < 4.78 is 0. The first-order chi connectivity index (χ1) is 9.38. The molecule has 0 aromatic heterocycles. The van der Waals surface area contributed by atoms with E-state index in [0.29, 0.717) is 11.4 Å². The van der Waals surface area contributed by atoms with E-state index in [1.807, 2.05) is 23.2 Å². The van der Waals surface area contributed by atoms with E-state index < -0.39 is 0 Å². The first-order valence-corrected chi connectivity index (χ1v) is 8.79. The summed E-state index contributed by atoms with van der Waals surface area (Å²) in [6.45, 7) is 19.9. The van der Waals surface area contributed by atoms with E-state index in [9.17, 15) is 0 Å². The van der Waals surface area contributed by atoms with Crippen molar-refractivity contribution in [3.05, 3.63) is 72.8 Å². The number of halogens is 1. The van der Waals surface area contributed by atoms with E-state index in [2.05, 4.69) is 62.8 Å². The van der Waals surface area contributed by atoms with Crippen LogP contribution in [0, 0.1) is 5.92 Å². The third kappa shape index (κ3) is 11.1. The van der Waals surface area contributed by atoms with Crippen molar-refractivity contribution in [2.24, 2.45) is 5.92 Å². The predicted molar refractivity (Wildman–Crippen MR) is 105 cm³/mol. The van der Waals surface area contributed by atoms with Gasteiger partial charge in [-0.1, -0.05) is 92.5 Å². The maximum atomic E-state index is 5.45. The van der Waals surface area contributed by atoms with Crippen molar-refractivity contribution in [2.75, 3.05) is 4.93 Å². The van der Waals surface area contributed by atoms with E-state index in [0.717, 1.165) is 23.1 Å². The molecule has 0 N–H and O–H groups in total. The predicted octanol–water partition coefficient (Wildman–Crippen LogP) is 5.94. The summed E-state index contributed by atoms with van der Waals surface area (Å²) in [4.78, 5) is 1.97. The Morgan fingerprint density at radius 2 is 1.45 bits per heavy atom. The molecular weight excluding hydrogens is 354 g/mol. The molecule has 0 aliphatic carbocycles. The Balaban J connectivity index is 0. The zero-order valence-electron chi connectivity index (χ0n) is 13.1. The number of rotatable bonds is 8. The minimum atomic E-state index is 0.506. The lowest BCUT2D eigenvalue weighted by Gasteiger charge is -2.09. The van der Waals surface area contributed by atoms with Gasteiger partial charge in [-0.25, -0.2) is 0 Å². The molecular formula is C18H26BI. The molecule has 0 saturated carbocycles. The van der Waals surface area contributed by atoms with Crippen molar-refractivity contribution in [3.63, 3.8) is 0 Å². The molecule has 0 fully saturated rings. The first kappa shape index (κ1) is 21.5. The van der Waals surface area contributed by atoms with Gasteiger partial charge >= 0.3 is 0 Å². The van der Waals surface area contributed by atoms with E-state index in [-0.39, 0.29) is 0 Å². The van der Waals surface area contributed by atoms with Gasteiger partial charge in [0, 0.05) is 0 Å². The standard InChI is InChI=1S/C17H23B.CH3I/c1-7-8-13(2)14(3)9-10-15(4)16(5)11-12-17(6)18;1-2/h9-13H,3-8H2,1-2H3;1H3/b10-9-,12-11-;. The molecule has 2 heteroatoms. The molecule has 0 rings (SSSR count). The summed E-state index contributed by atoms with van der Waals surface area (Å²) in [6.07, 6.45) is 9.81. The van der Waals surface area contributed by atoms with Crippen LogP contribution in [0.3, 0.4) is 0 Å². The summed E-state index contributed by atoms with van der Waals surface area (Å²) in [7, 11) is 5.45. The zero-order chi connectivity index (χ0) is 16.1. The highest BCUT2D eigenvalue weighted by atomic mass is 127. The SMILES string of the molecule is CI.[B]C(=C)/C=C\C(=C)C(=C)/C=C\C(=C)C(C)CCC. The van der Waals surface area contributed by atoms with Gasteiger partial charge in [-0.3, -0.25) is 0 Å². The molecule has 0 aromatic carbocycles. The van der Waals surface area contributed by atoms with Crippen LogP contribution in [0.5, 0.6) is 0 Å². The Labute approximate surface area is 140 Å². The lowest BCUT2D eigenvalue weighted by molar-refractivity contribution is 0.614. The number of allylic oxidation sites excluding steroid dienone is 8. The average molecular weight is 380 g/mol. The van der Waals surface area contributed by atoms with Crippen molar-refractivity contribution in [1.82, 2.24) is 0 Å². The van der Waals surface area contributed by atoms with Crippen LogP contribution in [0.25, 0.3) is 0 Å². The highest BCUT2D eigenvalue weighted by Crippen LogP contribution is 2.17. The number of alkyl halides is 1. The van der Waals surface area contributed by atoms with Gasteiger partial charge in [-0.05, 0) is 28.4 Å². The zero-order valence-corrected chi connectivity index (χ0v) is 15.2. The third-order valence-corrected chi connectivity index (χ3v) is 2.76. The quantitative estimate of drug-likeness (QED) is 0.212. The molecule has 1 atom stereocenters. The maximum Gasteiger partial charge on any atom is 0.112 e. The smallest absolute Gasteiger partial charge is 0.106 e. The van der Waals surface area contributed by atoms with E-state index in [1.54, 1.807) is 6.08 Å². The lowest BCUT2D eigenvalue weighted by Crippen LogP contribution is -1.95. The maximum absolute atomic E-state index is 5.45. The summed E-state index contributed by atoms with van der Waals surface area (Å²) in [6, 6.07) is 0. The second-order valence-electron chi connectivity index (χ2n) is 4.56. The fourth-order valence-electron chi connectivity index (χ4n) is 1.41. The molecule has 0 saturated heterocycles. The molecule has 2 radical (unpaired) electrons. The normalized spacial score (nSPS) is 11.8. The summed E-state index contributed by atoms with van der Waals surface area (Å²) in [5.74, 6) is 0.506. The van der Waals surface area contributed by atoms with Crippen molar-refractivity contribution in [2.45, 2.75) is 26.7 Å². The van der Waals surface area contributed by atoms with E-state index >= 15 is 0 Å². The lowest BCUT2D eigenvalue weighted by atomic mass is 9.95. The second kappa shape index (κ2) is 13.2. The third-order valence-electron chi connectivity index (χ3n) is 2.76. The summed E-state index contributed by atoms with van der Waals surface area (Å²) in [5, 5.41) is 0. The number of hydrogen-bond acceptors (Lipinski definition) is 0. The highest BCUT2D eigenvalue weighted by Gasteiger charge is 2.02.